The molecule has 0 bridgehead atoms. The average Bonchev–Trinajstić information content (AvgIpc) is 3.43. The summed E-state index contributed by atoms with van der Waals surface area (Å²) in [5.74, 6) is -0.969. The molecule has 0 aromatic heterocycles. The lowest BCUT2D eigenvalue weighted by Crippen LogP contribution is -2.27. The van der Waals surface area contributed by atoms with Gasteiger partial charge in [0.15, 0.2) is 0 Å². The SMILES string of the molecule is O=C(O)C1CCC(C(=O)OCCC2CCC3OC3C2)CC2OC2C1. The molecule has 2 aliphatic carbocycles. The molecule has 4 rings (SSSR count). The van der Waals surface area contributed by atoms with Gasteiger partial charge < -0.3 is 19.3 Å². The van der Waals surface area contributed by atoms with Gasteiger partial charge in [-0.3, -0.25) is 9.59 Å². The summed E-state index contributed by atoms with van der Waals surface area (Å²) in [6.45, 7) is 0.467. The molecule has 4 aliphatic rings. The largest absolute Gasteiger partial charge is 0.481 e. The monoisotopic (exact) mass is 338 g/mol. The van der Waals surface area contributed by atoms with Crippen LogP contribution in [0.2, 0.25) is 0 Å². The number of aliphatic carboxylic acids is 1. The third kappa shape index (κ3) is 3.75. The van der Waals surface area contributed by atoms with Crippen molar-refractivity contribution in [2.45, 2.75) is 75.8 Å². The van der Waals surface area contributed by atoms with Gasteiger partial charge >= 0.3 is 11.9 Å². The number of epoxide rings is 2. The van der Waals surface area contributed by atoms with Crippen molar-refractivity contribution < 1.29 is 28.9 Å². The Kier molecular flexibility index (Phi) is 4.52. The predicted octanol–water partition coefficient (Wildman–Crippen LogP) is 2.15. The molecule has 1 N–H and O–H groups in total. The Labute approximate surface area is 141 Å². The second-order valence-electron chi connectivity index (χ2n) is 7.84. The van der Waals surface area contributed by atoms with Crippen LogP contribution in [0.1, 0.15) is 51.4 Å². The first-order valence-corrected chi connectivity index (χ1v) is 9.30. The molecule has 24 heavy (non-hydrogen) atoms. The molecule has 0 radical (unpaired) electrons. The highest BCUT2D eigenvalue weighted by Crippen LogP contribution is 2.41. The highest BCUT2D eigenvalue weighted by Gasteiger charge is 2.46. The Morgan fingerprint density at radius 3 is 2.29 bits per heavy atom. The molecule has 2 heterocycles. The Balaban J connectivity index is 1.22. The van der Waals surface area contributed by atoms with Crippen LogP contribution in [-0.4, -0.2) is 48.1 Å². The maximum absolute atomic E-state index is 12.4. The third-order valence-corrected chi connectivity index (χ3v) is 6.15. The molecule has 4 fully saturated rings. The number of carboxylic acids is 1. The van der Waals surface area contributed by atoms with Gasteiger partial charge in [-0.1, -0.05) is 0 Å². The van der Waals surface area contributed by atoms with Crippen LogP contribution in [0.5, 0.6) is 0 Å². The molecule has 0 aromatic carbocycles. The van der Waals surface area contributed by atoms with E-state index >= 15 is 0 Å². The van der Waals surface area contributed by atoms with Crippen LogP contribution in [0.25, 0.3) is 0 Å². The fraction of sp³-hybridized carbons (Fsp3) is 0.889. The van der Waals surface area contributed by atoms with Gasteiger partial charge in [0.25, 0.3) is 0 Å². The van der Waals surface area contributed by atoms with Gasteiger partial charge in [0.1, 0.15) is 0 Å². The molecule has 0 aromatic rings. The molecule has 6 nitrogen and oxygen atoms in total. The minimum absolute atomic E-state index is 0.0235. The van der Waals surface area contributed by atoms with E-state index in [1.54, 1.807) is 0 Å². The van der Waals surface area contributed by atoms with Gasteiger partial charge in [-0.05, 0) is 57.3 Å². The van der Waals surface area contributed by atoms with Crippen molar-refractivity contribution in [3.8, 4) is 0 Å². The fourth-order valence-electron chi connectivity index (χ4n) is 4.42. The van der Waals surface area contributed by atoms with Gasteiger partial charge in [0, 0.05) is 0 Å². The van der Waals surface area contributed by atoms with E-state index in [4.69, 9.17) is 14.2 Å². The van der Waals surface area contributed by atoms with Crippen molar-refractivity contribution in [2.75, 3.05) is 6.61 Å². The number of carbonyl (C=O) groups is 2. The summed E-state index contributed by atoms with van der Waals surface area (Å²) in [5.41, 5.74) is 0. The first-order chi connectivity index (χ1) is 11.6. The Bertz CT molecular complexity index is 506. The highest BCUT2D eigenvalue weighted by atomic mass is 16.6. The second kappa shape index (κ2) is 6.64. The standard InChI is InChI=1S/C18H26O6/c19-17(20)11-2-3-12(9-16-15(8-11)24-16)18(21)22-6-5-10-1-4-13-14(7-10)23-13/h10-16H,1-9H2,(H,19,20). The van der Waals surface area contributed by atoms with E-state index in [9.17, 15) is 14.7 Å². The van der Waals surface area contributed by atoms with E-state index in [2.05, 4.69) is 0 Å². The third-order valence-electron chi connectivity index (χ3n) is 6.15. The highest BCUT2D eigenvalue weighted by molar-refractivity contribution is 5.73. The maximum Gasteiger partial charge on any atom is 0.309 e. The van der Waals surface area contributed by atoms with Crippen LogP contribution in [0.15, 0.2) is 0 Å². The summed E-state index contributed by atoms with van der Waals surface area (Å²) >= 11 is 0. The van der Waals surface area contributed by atoms with Crippen molar-refractivity contribution in [3.05, 3.63) is 0 Å². The van der Waals surface area contributed by atoms with Gasteiger partial charge in [-0.25, -0.2) is 0 Å². The van der Waals surface area contributed by atoms with Crippen LogP contribution < -0.4 is 0 Å². The van der Waals surface area contributed by atoms with E-state index in [1.807, 2.05) is 0 Å². The molecule has 2 aliphatic heterocycles. The van der Waals surface area contributed by atoms with Crippen molar-refractivity contribution in [1.29, 1.82) is 0 Å². The van der Waals surface area contributed by atoms with Crippen LogP contribution in [0.4, 0.5) is 0 Å². The van der Waals surface area contributed by atoms with E-state index < -0.39 is 11.9 Å². The van der Waals surface area contributed by atoms with Crippen LogP contribution in [0.3, 0.4) is 0 Å². The lowest BCUT2D eigenvalue weighted by Gasteiger charge is -2.21. The lowest BCUT2D eigenvalue weighted by atomic mass is 9.85. The maximum atomic E-state index is 12.4. The molecule has 0 spiro atoms. The number of ether oxygens (including phenoxy) is 3. The normalized spacial score (nSPS) is 43.6. The van der Waals surface area contributed by atoms with E-state index in [0.29, 0.717) is 50.4 Å². The van der Waals surface area contributed by atoms with Crippen LogP contribution >= 0.6 is 0 Å². The number of hydrogen-bond donors (Lipinski definition) is 1. The lowest BCUT2D eigenvalue weighted by molar-refractivity contribution is -0.151. The molecule has 7 unspecified atom stereocenters. The van der Waals surface area contributed by atoms with Crippen molar-refractivity contribution >= 4 is 11.9 Å². The number of fused-ring (bicyclic) bond motifs is 2. The number of carboxylic acid groups (broad SMARTS) is 1. The minimum atomic E-state index is -0.781. The zero-order valence-corrected chi connectivity index (χ0v) is 13.9. The predicted molar refractivity (Wildman–Crippen MR) is 83.3 cm³/mol. The quantitative estimate of drug-likeness (QED) is 0.610. The Hall–Kier alpha value is -1.14. The first-order valence-electron chi connectivity index (χ1n) is 9.30. The summed E-state index contributed by atoms with van der Waals surface area (Å²) in [7, 11) is 0. The number of hydrogen-bond acceptors (Lipinski definition) is 5. The summed E-state index contributed by atoms with van der Waals surface area (Å²) in [4.78, 5) is 23.6. The zero-order chi connectivity index (χ0) is 16.7. The Morgan fingerprint density at radius 1 is 0.875 bits per heavy atom. The number of carbonyl (C=O) groups excluding carboxylic acids is 1. The van der Waals surface area contributed by atoms with E-state index in [-0.39, 0.29) is 24.1 Å². The first kappa shape index (κ1) is 16.3. The second-order valence-corrected chi connectivity index (χ2v) is 7.84. The molecular weight excluding hydrogens is 312 g/mol. The average molecular weight is 338 g/mol. The molecule has 134 valence electrons. The summed E-state index contributed by atoms with van der Waals surface area (Å²) in [6, 6.07) is 0. The van der Waals surface area contributed by atoms with Crippen molar-refractivity contribution in [3.63, 3.8) is 0 Å². The molecular formula is C18H26O6. The van der Waals surface area contributed by atoms with E-state index in [0.717, 1.165) is 19.3 Å². The van der Waals surface area contributed by atoms with E-state index in [1.165, 1.54) is 6.42 Å². The van der Waals surface area contributed by atoms with Gasteiger partial charge in [-0.2, -0.15) is 0 Å². The Morgan fingerprint density at radius 2 is 1.54 bits per heavy atom. The summed E-state index contributed by atoms with van der Waals surface area (Å²) in [5, 5.41) is 9.24. The van der Waals surface area contributed by atoms with Crippen molar-refractivity contribution in [2.24, 2.45) is 17.8 Å². The summed E-state index contributed by atoms with van der Waals surface area (Å²) < 4.78 is 16.6. The van der Waals surface area contributed by atoms with Crippen molar-refractivity contribution in [1.82, 2.24) is 0 Å². The molecule has 7 atom stereocenters. The van der Waals surface area contributed by atoms with Crippen LogP contribution in [-0.2, 0) is 23.8 Å². The fourth-order valence-corrected chi connectivity index (χ4v) is 4.42. The summed E-state index contributed by atoms with van der Waals surface area (Å²) in [6.07, 6.45) is 7.73. The molecule has 6 heteroatoms. The van der Waals surface area contributed by atoms with Crippen LogP contribution in [0, 0.1) is 17.8 Å². The number of esters is 1. The van der Waals surface area contributed by atoms with Gasteiger partial charge in [-0.15, -0.1) is 0 Å². The minimum Gasteiger partial charge on any atom is -0.481 e. The van der Waals surface area contributed by atoms with Gasteiger partial charge in [0.2, 0.25) is 0 Å². The zero-order valence-electron chi connectivity index (χ0n) is 13.9. The molecule has 2 saturated heterocycles. The number of rotatable bonds is 5. The van der Waals surface area contributed by atoms with Gasteiger partial charge in [0.05, 0.1) is 42.9 Å². The smallest absolute Gasteiger partial charge is 0.309 e. The molecule has 0 amide bonds. The molecule has 2 saturated carbocycles. The topological polar surface area (TPSA) is 88.7 Å².